The smallest absolute Gasteiger partial charge is 0.249 e. The Balaban J connectivity index is 1.33. The zero-order valence-corrected chi connectivity index (χ0v) is 14.8. The Bertz CT molecular complexity index is 574. The Hall–Kier alpha value is -1.43. The van der Waals surface area contributed by atoms with Crippen LogP contribution in [-0.4, -0.2) is 73.3 Å². The topological polar surface area (TPSA) is 42.0 Å². The highest BCUT2D eigenvalue weighted by molar-refractivity contribution is 5.79. The maximum atomic E-state index is 12.5. The van der Waals surface area contributed by atoms with Crippen LogP contribution in [0.5, 0.6) is 0 Å². The minimum atomic E-state index is 0.166. The zero-order valence-electron chi connectivity index (χ0n) is 14.8. The van der Waals surface area contributed by atoms with Crippen LogP contribution >= 0.6 is 0 Å². The number of hydrogen-bond acceptors (Lipinski definition) is 4. The van der Waals surface area contributed by atoms with E-state index in [0.29, 0.717) is 6.04 Å². The number of nitrogens with zero attached hydrogens (tertiary/aromatic N) is 2. The highest BCUT2D eigenvalue weighted by atomic mass is 16.5. The quantitative estimate of drug-likeness (QED) is 0.816. The second-order valence-electron chi connectivity index (χ2n) is 7.41. The van der Waals surface area contributed by atoms with Crippen molar-refractivity contribution in [2.45, 2.75) is 43.9 Å². The first-order valence-corrected chi connectivity index (χ1v) is 9.58. The van der Waals surface area contributed by atoms with E-state index in [9.17, 15) is 4.79 Å². The molecule has 1 aromatic carbocycles. The van der Waals surface area contributed by atoms with Gasteiger partial charge in [-0.1, -0.05) is 30.3 Å². The summed E-state index contributed by atoms with van der Waals surface area (Å²) in [4.78, 5) is 17.1. The van der Waals surface area contributed by atoms with Crippen LogP contribution in [-0.2, 0) is 20.7 Å². The van der Waals surface area contributed by atoms with Gasteiger partial charge in [-0.05, 0) is 37.8 Å². The van der Waals surface area contributed by atoms with Gasteiger partial charge in [0, 0.05) is 32.3 Å². The molecule has 0 saturated carbocycles. The van der Waals surface area contributed by atoms with Crippen LogP contribution in [0.1, 0.15) is 24.8 Å². The molecule has 0 unspecified atom stereocenters. The number of amides is 1. The lowest BCUT2D eigenvalue weighted by Crippen LogP contribution is -2.58. The molecule has 0 spiro atoms. The summed E-state index contributed by atoms with van der Waals surface area (Å²) < 4.78 is 11.3. The van der Waals surface area contributed by atoms with Crippen molar-refractivity contribution in [2.75, 3.05) is 39.5 Å². The average molecular weight is 344 g/mol. The van der Waals surface area contributed by atoms with Crippen LogP contribution in [0.25, 0.3) is 0 Å². The summed E-state index contributed by atoms with van der Waals surface area (Å²) in [7, 11) is 0. The molecule has 3 saturated heterocycles. The van der Waals surface area contributed by atoms with Crippen LogP contribution in [0, 0.1) is 0 Å². The van der Waals surface area contributed by atoms with Crippen LogP contribution < -0.4 is 0 Å². The van der Waals surface area contributed by atoms with Crippen molar-refractivity contribution in [3.05, 3.63) is 35.9 Å². The summed E-state index contributed by atoms with van der Waals surface area (Å²) in [5, 5.41) is 0. The number of carbonyl (C=O) groups is 1. The molecule has 1 amide bonds. The van der Waals surface area contributed by atoms with Crippen LogP contribution in [0.3, 0.4) is 0 Å². The third-order valence-corrected chi connectivity index (χ3v) is 5.75. The van der Waals surface area contributed by atoms with Gasteiger partial charge in [0.15, 0.2) is 0 Å². The maximum Gasteiger partial charge on any atom is 0.249 e. The van der Waals surface area contributed by atoms with E-state index in [1.807, 2.05) is 0 Å². The molecule has 0 aromatic heterocycles. The minimum Gasteiger partial charge on any atom is -0.381 e. The van der Waals surface area contributed by atoms with E-state index in [4.69, 9.17) is 9.47 Å². The summed E-state index contributed by atoms with van der Waals surface area (Å²) in [6.07, 6.45) is 4.36. The van der Waals surface area contributed by atoms with E-state index in [-0.39, 0.29) is 24.7 Å². The summed E-state index contributed by atoms with van der Waals surface area (Å²) in [5.74, 6) is 0.166. The Morgan fingerprint density at radius 3 is 2.68 bits per heavy atom. The lowest BCUT2D eigenvalue weighted by atomic mass is 10.0. The first-order chi connectivity index (χ1) is 12.3. The minimum absolute atomic E-state index is 0.166. The molecule has 0 aliphatic carbocycles. The predicted molar refractivity (Wildman–Crippen MR) is 95.4 cm³/mol. The molecular formula is C20H28N2O3. The van der Waals surface area contributed by atoms with Gasteiger partial charge >= 0.3 is 0 Å². The normalized spacial score (nSPS) is 28.3. The van der Waals surface area contributed by atoms with Gasteiger partial charge in [-0.2, -0.15) is 0 Å². The standard InChI is InChI=1S/C20H28N2O3/c23-20-15-25-19-14-21(10-4-7-16-5-2-1-3-6-16)13-18(19)22(20)17-8-11-24-12-9-17/h1-3,5-6,17-19H,4,7-15H2/t18-,19-/m0/s1. The van der Waals surface area contributed by atoms with Crippen molar-refractivity contribution in [1.82, 2.24) is 9.80 Å². The van der Waals surface area contributed by atoms with Crippen LogP contribution in [0.4, 0.5) is 0 Å². The van der Waals surface area contributed by atoms with Crippen molar-refractivity contribution < 1.29 is 14.3 Å². The molecule has 0 N–H and O–H groups in total. The molecule has 136 valence electrons. The van der Waals surface area contributed by atoms with E-state index < -0.39 is 0 Å². The molecule has 1 aromatic rings. The molecule has 3 aliphatic heterocycles. The zero-order chi connectivity index (χ0) is 17.1. The van der Waals surface area contributed by atoms with Crippen LogP contribution in [0.2, 0.25) is 0 Å². The third-order valence-electron chi connectivity index (χ3n) is 5.75. The summed E-state index contributed by atoms with van der Waals surface area (Å²) >= 11 is 0. The Labute approximate surface area is 149 Å². The molecule has 25 heavy (non-hydrogen) atoms. The van der Waals surface area contributed by atoms with Crippen molar-refractivity contribution in [2.24, 2.45) is 0 Å². The lowest BCUT2D eigenvalue weighted by molar-refractivity contribution is -0.159. The van der Waals surface area contributed by atoms with Crippen molar-refractivity contribution in [1.29, 1.82) is 0 Å². The second-order valence-corrected chi connectivity index (χ2v) is 7.41. The van der Waals surface area contributed by atoms with Gasteiger partial charge in [-0.15, -0.1) is 0 Å². The number of likely N-dealkylation sites (tertiary alicyclic amines) is 1. The highest BCUT2D eigenvalue weighted by Gasteiger charge is 2.45. The molecule has 0 bridgehead atoms. The molecule has 3 aliphatic rings. The first-order valence-electron chi connectivity index (χ1n) is 9.58. The number of rotatable bonds is 5. The van der Waals surface area contributed by atoms with E-state index in [0.717, 1.165) is 58.5 Å². The van der Waals surface area contributed by atoms with E-state index in [2.05, 4.69) is 40.1 Å². The number of morpholine rings is 1. The summed E-state index contributed by atoms with van der Waals surface area (Å²) in [6, 6.07) is 11.2. The molecule has 5 heteroatoms. The molecule has 2 atom stereocenters. The Morgan fingerprint density at radius 1 is 1.08 bits per heavy atom. The van der Waals surface area contributed by atoms with Crippen molar-refractivity contribution in [3.8, 4) is 0 Å². The van der Waals surface area contributed by atoms with Gasteiger partial charge in [-0.25, -0.2) is 0 Å². The Kier molecular flexibility index (Phi) is 5.34. The largest absolute Gasteiger partial charge is 0.381 e. The molecule has 4 rings (SSSR count). The van der Waals surface area contributed by atoms with Gasteiger partial charge in [0.05, 0.1) is 12.1 Å². The number of ether oxygens (including phenoxy) is 2. The average Bonchev–Trinajstić information content (AvgIpc) is 3.06. The molecule has 3 heterocycles. The van der Waals surface area contributed by atoms with Gasteiger partial charge in [0.1, 0.15) is 6.61 Å². The predicted octanol–water partition coefficient (Wildman–Crippen LogP) is 1.71. The van der Waals surface area contributed by atoms with Gasteiger partial charge in [0.2, 0.25) is 5.91 Å². The van der Waals surface area contributed by atoms with Crippen molar-refractivity contribution in [3.63, 3.8) is 0 Å². The first kappa shape index (κ1) is 17.0. The lowest BCUT2D eigenvalue weighted by Gasteiger charge is -2.43. The Morgan fingerprint density at radius 2 is 1.88 bits per heavy atom. The maximum absolute atomic E-state index is 12.5. The summed E-state index contributed by atoms with van der Waals surface area (Å²) in [5.41, 5.74) is 1.40. The fourth-order valence-electron chi connectivity index (χ4n) is 4.47. The fraction of sp³-hybridized carbons (Fsp3) is 0.650. The third kappa shape index (κ3) is 3.89. The molecule has 3 fully saturated rings. The SMILES string of the molecule is O=C1CO[C@H]2CN(CCCc3ccccc3)C[C@@H]2N1C1CCOCC1. The summed E-state index contributed by atoms with van der Waals surface area (Å²) in [6.45, 7) is 4.76. The van der Waals surface area contributed by atoms with E-state index in [1.54, 1.807) is 0 Å². The highest BCUT2D eigenvalue weighted by Crippen LogP contribution is 2.28. The monoisotopic (exact) mass is 344 g/mol. The second kappa shape index (κ2) is 7.85. The van der Waals surface area contributed by atoms with E-state index >= 15 is 0 Å². The number of hydrogen-bond donors (Lipinski definition) is 0. The number of carbonyl (C=O) groups excluding carboxylic acids is 1. The van der Waals surface area contributed by atoms with Gasteiger partial charge < -0.3 is 14.4 Å². The number of benzene rings is 1. The number of aryl methyl sites for hydroxylation is 1. The van der Waals surface area contributed by atoms with E-state index in [1.165, 1.54) is 5.56 Å². The molecule has 0 radical (unpaired) electrons. The molecule has 5 nitrogen and oxygen atoms in total. The van der Waals surface area contributed by atoms with Crippen LogP contribution in [0.15, 0.2) is 30.3 Å². The fourth-order valence-corrected chi connectivity index (χ4v) is 4.47. The molecular weight excluding hydrogens is 316 g/mol. The van der Waals surface area contributed by atoms with Gasteiger partial charge in [0.25, 0.3) is 0 Å². The van der Waals surface area contributed by atoms with Crippen molar-refractivity contribution >= 4 is 5.91 Å². The van der Waals surface area contributed by atoms with Gasteiger partial charge in [-0.3, -0.25) is 9.69 Å². The number of fused-ring (bicyclic) bond motifs is 1.